The second-order valence-electron chi connectivity index (χ2n) is 5.79. The molecule has 0 saturated carbocycles. The van der Waals surface area contributed by atoms with E-state index in [0.29, 0.717) is 12.2 Å². The fourth-order valence-electron chi connectivity index (χ4n) is 3.21. The molecular weight excluding hydrogens is 285 g/mol. The maximum absolute atomic E-state index is 13.4. The number of nitrogens with zero attached hydrogens (tertiary/aromatic N) is 3. The number of amides is 1. The van der Waals surface area contributed by atoms with Gasteiger partial charge in [-0.25, -0.2) is 4.39 Å². The van der Waals surface area contributed by atoms with E-state index >= 15 is 0 Å². The standard InChI is InChI=1S/C16H18FN3O2/c1-19(14-4-5-20-6-7-22-15(14)10-20)16(21)11-2-3-13(17)12(8-11)9-18/h2-3,8,14-15H,4-7,10H2,1H3. The average Bonchev–Trinajstić information content (AvgIpc) is 2.54. The third-order valence-corrected chi connectivity index (χ3v) is 4.50. The first-order valence-electron chi connectivity index (χ1n) is 7.41. The topological polar surface area (TPSA) is 56.6 Å². The van der Waals surface area contributed by atoms with Gasteiger partial charge in [0.2, 0.25) is 0 Å². The van der Waals surface area contributed by atoms with Crippen molar-refractivity contribution in [1.82, 2.24) is 9.80 Å². The highest BCUT2D eigenvalue weighted by Gasteiger charge is 2.37. The van der Waals surface area contributed by atoms with E-state index in [4.69, 9.17) is 10.00 Å². The Kier molecular flexibility index (Phi) is 4.10. The van der Waals surface area contributed by atoms with E-state index in [0.717, 1.165) is 26.1 Å². The molecule has 5 nitrogen and oxygen atoms in total. The van der Waals surface area contributed by atoms with E-state index in [9.17, 15) is 9.18 Å². The van der Waals surface area contributed by atoms with Gasteiger partial charge in [-0.2, -0.15) is 5.26 Å². The van der Waals surface area contributed by atoms with Crippen LogP contribution in [0.5, 0.6) is 0 Å². The summed E-state index contributed by atoms with van der Waals surface area (Å²) >= 11 is 0. The molecule has 2 saturated heterocycles. The minimum atomic E-state index is -0.606. The smallest absolute Gasteiger partial charge is 0.253 e. The van der Waals surface area contributed by atoms with Gasteiger partial charge in [-0.3, -0.25) is 9.69 Å². The van der Waals surface area contributed by atoms with Crippen LogP contribution in [0.2, 0.25) is 0 Å². The largest absolute Gasteiger partial charge is 0.373 e. The number of nitriles is 1. The van der Waals surface area contributed by atoms with Gasteiger partial charge in [-0.05, 0) is 24.6 Å². The van der Waals surface area contributed by atoms with E-state index in [1.54, 1.807) is 18.0 Å². The van der Waals surface area contributed by atoms with Gasteiger partial charge in [0.05, 0.1) is 24.3 Å². The molecular formula is C16H18FN3O2. The fraction of sp³-hybridized carbons (Fsp3) is 0.500. The Morgan fingerprint density at radius 3 is 3.09 bits per heavy atom. The molecule has 0 spiro atoms. The van der Waals surface area contributed by atoms with Crippen molar-refractivity contribution in [2.24, 2.45) is 0 Å². The third-order valence-electron chi connectivity index (χ3n) is 4.50. The molecule has 0 radical (unpaired) electrons. The monoisotopic (exact) mass is 303 g/mol. The number of ether oxygens (including phenoxy) is 1. The summed E-state index contributed by atoms with van der Waals surface area (Å²) in [6.07, 6.45) is 0.881. The first-order valence-corrected chi connectivity index (χ1v) is 7.41. The lowest BCUT2D eigenvalue weighted by atomic mass is 9.98. The molecule has 1 aromatic rings. The van der Waals surface area contributed by atoms with Gasteiger partial charge in [-0.15, -0.1) is 0 Å². The van der Waals surface area contributed by atoms with Crippen molar-refractivity contribution in [3.05, 3.63) is 35.1 Å². The van der Waals surface area contributed by atoms with Crippen molar-refractivity contribution in [3.8, 4) is 6.07 Å². The fourth-order valence-corrected chi connectivity index (χ4v) is 3.21. The Balaban J connectivity index is 1.78. The first kappa shape index (κ1) is 14.9. The Labute approximate surface area is 128 Å². The van der Waals surface area contributed by atoms with Gasteiger partial charge in [-0.1, -0.05) is 0 Å². The van der Waals surface area contributed by atoms with Gasteiger partial charge in [0, 0.05) is 32.2 Å². The number of benzene rings is 1. The lowest BCUT2D eigenvalue weighted by Gasteiger charge is -2.45. The molecule has 2 bridgehead atoms. The quantitative estimate of drug-likeness (QED) is 0.825. The zero-order valence-corrected chi connectivity index (χ0v) is 12.5. The second-order valence-corrected chi connectivity index (χ2v) is 5.79. The number of hydrogen-bond donors (Lipinski definition) is 0. The number of fused-ring (bicyclic) bond motifs is 2. The number of carbonyl (C=O) groups is 1. The minimum Gasteiger partial charge on any atom is -0.373 e. The summed E-state index contributed by atoms with van der Waals surface area (Å²) < 4.78 is 19.2. The van der Waals surface area contributed by atoms with E-state index in [2.05, 4.69) is 4.90 Å². The minimum absolute atomic E-state index is 0.0136. The van der Waals surface area contributed by atoms with Crippen LogP contribution in [-0.2, 0) is 4.74 Å². The van der Waals surface area contributed by atoms with Crippen LogP contribution in [0.4, 0.5) is 4.39 Å². The van der Waals surface area contributed by atoms with Crippen molar-refractivity contribution >= 4 is 5.91 Å². The molecule has 2 fully saturated rings. The lowest BCUT2D eigenvalue weighted by Crippen LogP contribution is -2.59. The van der Waals surface area contributed by atoms with Crippen molar-refractivity contribution < 1.29 is 13.9 Å². The highest BCUT2D eigenvalue weighted by Crippen LogP contribution is 2.23. The summed E-state index contributed by atoms with van der Waals surface area (Å²) in [6, 6.07) is 5.68. The number of halogens is 1. The summed E-state index contributed by atoms with van der Waals surface area (Å²) in [6.45, 7) is 3.44. The number of carbonyl (C=O) groups excluding carboxylic acids is 1. The summed E-state index contributed by atoms with van der Waals surface area (Å²) in [5.41, 5.74) is 0.224. The van der Waals surface area contributed by atoms with Crippen LogP contribution in [-0.4, -0.2) is 61.1 Å². The molecule has 1 amide bonds. The molecule has 0 N–H and O–H groups in total. The number of hydrogen-bond acceptors (Lipinski definition) is 4. The van der Waals surface area contributed by atoms with Crippen LogP contribution in [0.3, 0.4) is 0 Å². The predicted octanol–water partition coefficient (Wildman–Crippen LogP) is 1.24. The van der Waals surface area contributed by atoms with E-state index < -0.39 is 5.82 Å². The molecule has 6 heteroatoms. The summed E-state index contributed by atoms with van der Waals surface area (Å²) in [4.78, 5) is 16.6. The Hall–Kier alpha value is -1.97. The maximum atomic E-state index is 13.4. The van der Waals surface area contributed by atoms with Crippen molar-refractivity contribution in [2.45, 2.75) is 18.6 Å². The van der Waals surface area contributed by atoms with E-state index in [-0.39, 0.29) is 23.6 Å². The number of likely N-dealkylation sites (N-methyl/N-ethyl adjacent to an activating group) is 1. The number of morpholine rings is 1. The molecule has 2 heterocycles. The molecule has 22 heavy (non-hydrogen) atoms. The normalized spacial score (nSPS) is 27.0. The Morgan fingerprint density at radius 1 is 1.50 bits per heavy atom. The van der Waals surface area contributed by atoms with Crippen LogP contribution in [0.25, 0.3) is 0 Å². The van der Waals surface area contributed by atoms with Gasteiger partial charge < -0.3 is 9.64 Å². The molecule has 0 aromatic heterocycles. The molecule has 116 valence electrons. The Morgan fingerprint density at radius 2 is 2.32 bits per heavy atom. The van der Waals surface area contributed by atoms with Crippen molar-refractivity contribution in [1.29, 1.82) is 5.26 Å². The van der Waals surface area contributed by atoms with Gasteiger partial charge >= 0.3 is 0 Å². The number of piperidine rings is 1. The summed E-state index contributed by atoms with van der Waals surface area (Å²) in [7, 11) is 1.75. The molecule has 3 unspecified atom stereocenters. The molecule has 2 aliphatic rings. The molecule has 3 rings (SSSR count). The van der Waals surface area contributed by atoms with Crippen LogP contribution in [0, 0.1) is 17.1 Å². The van der Waals surface area contributed by atoms with E-state index in [1.165, 1.54) is 18.2 Å². The molecule has 3 atom stereocenters. The zero-order chi connectivity index (χ0) is 15.7. The third kappa shape index (κ3) is 2.70. The first-order chi connectivity index (χ1) is 10.6. The van der Waals surface area contributed by atoms with Gasteiger partial charge in [0.25, 0.3) is 5.91 Å². The van der Waals surface area contributed by atoms with Crippen LogP contribution < -0.4 is 0 Å². The Bertz CT molecular complexity index is 628. The summed E-state index contributed by atoms with van der Waals surface area (Å²) in [5, 5.41) is 8.89. The van der Waals surface area contributed by atoms with Crippen LogP contribution in [0.1, 0.15) is 22.3 Å². The van der Waals surface area contributed by atoms with Crippen LogP contribution in [0.15, 0.2) is 18.2 Å². The molecule has 1 aromatic carbocycles. The second kappa shape index (κ2) is 6.03. The zero-order valence-electron chi connectivity index (χ0n) is 12.5. The molecule has 2 aliphatic heterocycles. The number of rotatable bonds is 2. The average molecular weight is 303 g/mol. The molecule has 0 aliphatic carbocycles. The lowest BCUT2D eigenvalue weighted by molar-refractivity contribution is -0.0899. The van der Waals surface area contributed by atoms with Gasteiger partial charge in [0.15, 0.2) is 0 Å². The maximum Gasteiger partial charge on any atom is 0.253 e. The van der Waals surface area contributed by atoms with Crippen LogP contribution >= 0.6 is 0 Å². The predicted molar refractivity (Wildman–Crippen MR) is 77.8 cm³/mol. The van der Waals surface area contributed by atoms with Crippen molar-refractivity contribution in [2.75, 3.05) is 33.3 Å². The van der Waals surface area contributed by atoms with Crippen molar-refractivity contribution in [3.63, 3.8) is 0 Å². The van der Waals surface area contributed by atoms with E-state index in [1.807, 2.05) is 0 Å². The highest BCUT2D eigenvalue weighted by atomic mass is 19.1. The summed E-state index contributed by atoms with van der Waals surface area (Å²) in [5.74, 6) is -0.810. The SMILES string of the molecule is CN(C(=O)c1ccc(F)c(C#N)c1)C1CCN2CCOC1C2. The van der Waals surface area contributed by atoms with Gasteiger partial charge in [0.1, 0.15) is 11.9 Å². The highest BCUT2D eigenvalue weighted by molar-refractivity contribution is 5.94.